The van der Waals surface area contributed by atoms with Crippen LogP contribution in [0.4, 0.5) is 0 Å². The van der Waals surface area contributed by atoms with Crippen LogP contribution in [0.1, 0.15) is 208 Å². The van der Waals surface area contributed by atoms with Crippen LogP contribution in [-0.2, 0) is 0 Å². The topological polar surface area (TPSA) is 12.9 Å². The van der Waals surface area contributed by atoms with Crippen molar-refractivity contribution in [1.29, 1.82) is 0 Å². The Balaban J connectivity index is -0.000000110. The van der Waals surface area contributed by atoms with Crippen LogP contribution < -0.4 is 0 Å². The Labute approximate surface area is 392 Å². The molecule has 1 heterocycles. The van der Waals surface area contributed by atoms with E-state index in [0.717, 1.165) is 5.52 Å². The molecule has 1 nitrogen and oxygen atoms in total. The predicted octanol–water partition coefficient (Wildman–Crippen LogP) is 22.2. The van der Waals surface area contributed by atoms with Gasteiger partial charge in [-0.3, -0.25) is 4.98 Å². The number of benzene rings is 4. The van der Waals surface area contributed by atoms with Gasteiger partial charge < -0.3 is 0 Å². The van der Waals surface area contributed by atoms with E-state index in [0.29, 0.717) is 32.5 Å². The van der Waals surface area contributed by atoms with E-state index in [-0.39, 0.29) is 0 Å². The van der Waals surface area contributed by atoms with Crippen molar-refractivity contribution < 1.29 is 0 Å². The number of aromatic nitrogens is 1. The van der Waals surface area contributed by atoms with E-state index in [1.165, 1.54) is 16.2 Å². The van der Waals surface area contributed by atoms with Crippen LogP contribution in [0.25, 0.3) is 21.7 Å². The van der Waals surface area contributed by atoms with Gasteiger partial charge in [0.2, 0.25) is 0 Å². The van der Waals surface area contributed by atoms with Crippen LogP contribution in [0.3, 0.4) is 0 Å². The highest BCUT2D eigenvalue weighted by molar-refractivity contribution is 5.82. The quantitative estimate of drug-likeness (QED) is 0.151. The molecule has 1 heteroatoms. The molecule has 0 saturated carbocycles. The van der Waals surface area contributed by atoms with Crippen molar-refractivity contribution in [3.63, 3.8) is 0 Å². The number of nitrogens with zero attached hydrogens (tertiary/aromatic N) is 1. The number of para-hydroxylation sites is 1. The van der Waals surface area contributed by atoms with Gasteiger partial charge in [0.25, 0.3) is 0 Å². The van der Waals surface area contributed by atoms with E-state index in [1.54, 1.807) is 0 Å². The maximum absolute atomic E-state index is 4.18. The van der Waals surface area contributed by atoms with Gasteiger partial charge in [0.1, 0.15) is 0 Å². The van der Waals surface area contributed by atoms with Crippen molar-refractivity contribution in [1.82, 2.24) is 4.98 Å². The molecule has 5 aromatic rings. The zero-order valence-electron chi connectivity index (χ0n) is 47.6. The van der Waals surface area contributed by atoms with Crippen LogP contribution in [-0.4, -0.2) is 4.98 Å². The van der Waals surface area contributed by atoms with Crippen LogP contribution in [0.5, 0.6) is 0 Å². The summed E-state index contributed by atoms with van der Waals surface area (Å²) in [7, 11) is 0. The molecule has 360 valence electrons. The average molecular weight is 859 g/mol. The van der Waals surface area contributed by atoms with Crippen molar-refractivity contribution in [2.24, 2.45) is 32.5 Å². The Morgan fingerprint density at radius 1 is 0.226 bits per heavy atom. The molecule has 5 rings (SSSR count). The average Bonchev–Trinajstić information content (AvgIpc) is 3.11. The molecule has 0 unspecified atom stereocenters. The lowest BCUT2D eigenvalue weighted by molar-refractivity contribution is 0.469. The Bertz CT molecular complexity index is 1210. The van der Waals surface area contributed by atoms with Gasteiger partial charge in [0.15, 0.2) is 0 Å². The largest absolute Gasteiger partial charge is 0.256 e. The lowest BCUT2D eigenvalue weighted by Crippen LogP contribution is -1.93. The summed E-state index contributed by atoms with van der Waals surface area (Å²) in [5.41, 5.74) is 4.06. The zero-order chi connectivity index (χ0) is 50.9. The van der Waals surface area contributed by atoms with E-state index in [9.17, 15) is 0 Å². The maximum Gasteiger partial charge on any atom is 0.0701 e. The molecule has 0 N–H and O–H groups in total. The molecule has 0 radical (unpaired) electrons. The molecule has 4 aromatic carbocycles. The highest BCUT2D eigenvalue weighted by atomic mass is 14.6. The van der Waals surface area contributed by atoms with Gasteiger partial charge in [-0.05, 0) is 55.4 Å². The van der Waals surface area contributed by atoms with Gasteiger partial charge >= 0.3 is 0 Å². The number of hydrogen-bond donors (Lipinski definition) is 0. The zero-order valence-corrected chi connectivity index (χ0v) is 47.6. The SMILES string of the molecule is CC.CC.CC.CC(C)(C)C.CC(C)(C)C.CC(C)(C)C.CC(C)(C)C.CC(C)(C)C.CC(C)(C)C.c1ccc2ccccc2c1.c1ccc2ncccc2c1.c1ccccc1. The molecular weight excluding hydrogens is 747 g/mol. The first-order chi connectivity index (χ1) is 27.9. The molecule has 0 spiro atoms. The van der Waals surface area contributed by atoms with Crippen LogP contribution in [0.15, 0.2) is 128 Å². The monoisotopic (exact) mass is 858 g/mol. The first-order valence-corrected chi connectivity index (χ1v) is 23.7. The number of fused-ring (bicyclic) bond motifs is 2. The lowest BCUT2D eigenvalue weighted by Gasteiger charge is -2.05. The van der Waals surface area contributed by atoms with Gasteiger partial charge in [-0.2, -0.15) is 0 Å². The summed E-state index contributed by atoms with van der Waals surface area (Å²) in [6.45, 7) is 64.5. The Kier molecular flexibility index (Phi) is 48.9. The third kappa shape index (κ3) is 117. The maximum atomic E-state index is 4.18. The fourth-order valence-electron chi connectivity index (χ4n) is 2.53. The molecule has 1 aromatic heterocycles. The van der Waals surface area contributed by atoms with E-state index in [2.05, 4.69) is 232 Å². The second kappa shape index (κ2) is 41.6. The van der Waals surface area contributed by atoms with Gasteiger partial charge in [-0.25, -0.2) is 0 Å². The van der Waals surface area contributed by atoms with Crippen molar-refractivity contribution in [3.05, 3.63) is 128 Å². The molecule has 0 aliphatic carbocycles. The number of hydrogen-bond acceptors (Lipinski definition) is 1. The highest BCUT2D eigenvalue weighted by Crippen LogP contribution is 2.12. The Morgan fingerprint density at radius 3 is 0.581 bits per heavy atom. The van der Waals surface area contributed by atoms with Crippen LogP contribution in [0, 0.1) is 32.5 Å². The summed E-state index contributed by atoms with van der Waals surface area (Å²) in [6.07, 6.45) is 1.81. The molecule has 0 bridgehead atoms. The molecule has 0 saturated heterocycles. The van der Waals surface area contributed by atoms with Crippen LogP contribution in [0.2, 0.25) is 0 Å². The van der Waals surface area contributed by atoms with E-state index >= 15 is 0 Å². The lowest BCUT2D eigenvalue weighted by atomic mass is 10.0. The van der Waals surface area contributed by atoms with E-state index < -0.39 is 0 Å². The summed E-state index contributed by atoms with van der Waals surface area (Å²) >= 11 is 0. The molecule has 62 heavy (non-hydrogen) atoms. The molecule has 0 aliphatic rings. The Morgan fingerprint density at radius 2 is 0.387 bits per heavy atom. The molecule has 0 amide bonds. The molecule has 0 atom stereocenters. The van der Waals surface area contributed by atoms with Crippen molar-refractivity contribution in [2.75, 3.05) is 0 Å². The van der Waals surface area contributed by atoms with Crippen molar-refractivity contribution in [3.8, 4) is 0 Å². The van der Waals surface area contributed by atoms with Gasteiger partial charge in [0, 0.05) is 11.6 Å². The fraction of sp³-hybridized carbons (Fsp3) is 0.590. The molecule has 0 aliphatic heterocycles. The minimum atomic E-state index is 0.500. The van der Waals surface area contributed by atoms with Crippen LogP contribution >= 0.6 is 0 Å². The smallest absolute Gasteiger partial charge is 0.0701 e. The fourth-order valence-corrected chi connectivity index (χ4v) is 2.53. The standard InChI is InChI=1S/C10H8.C9H7N.C6H6.6C5H12.3C2H6/c1-2-6-10-8-4-3-7-9(10)5-1;1-2-6-9-8(4-1)5-3-7-10-9;1-2-4-6-5-3-1;6*1-5(2,3)4;3*1-2/h1-8H;1-7H;1-6H;6*1-4H3;3*1-2H3. The van der Waals surface area contributed by atoms with E-state index in [4.69, 9.17) is 0 Å². The summed E-state index contributed by atoms with van der Waals surface area (Å²) in [5.74, 6) is 0. The predicted molar refractivity (Wildman–Crippen MR) is 297 cm³/mol. The Hall–Kier alpha value is -3.45. The van der Waals surface area contributed by atoms with Crippen molar-refractivity contribution in [2.45, 2.75) is 208 Å². The summed E-state index contributed by atoms with van der Waals surface area (Å²) in [4.78, 5) is 4.18. The number of pyridine rings is 1. The van der Waals surface area contributed by atoms with Gasteiger partial charge in [-0.1, -0.05) is 317 Å². The summed E-state index contributed by atoms with van der Waals surface area (Å²) < 4.78 is 0. The van der Waals surface area contributed by atoms with E-state index in [1.807, 2.05) is 108 Å². The minimum absolute atomic E-state index is 0.500. The first-order valence-electron chi connectivity index (χ1n) is 23.7. The summed E-state index contributed by atoms with van der Waals surface area (Å²) in [5, 5.41) is 3.82. The second-order valence-corrected chi connectivity index (χ2v) is 23.7. The normalized spacial score (nSPS) is 10.1. The first kappa shape index (κ1) is 73.0. The highest BCUT2D eigenvalue weighted by Gasteiger charge is 1.98. The molecular formula is C61H111N. The van der Waals surface area contributed by atoms with Crippen molar-refractivity contribution >= 4 is 21.7 Å². The third-order valence-corrected chi connectivity index (χ3v) is 3.84. The third-order valence-electron chi connectivity index (χ3n) is 3.84. The minimum Gasteiger partial charge on any atom is -0.256 e. The van der Waals surface area contributed by atoms with Gasteiger partial charge in [0.05, 0.1) is 5.52 Å². The second-order valence-electron chi connectivity index (χ2n) is 23.7. The number of rotatable bonds is 0. The molecule has 0 fully saturated rings. The summed E-state index contributed by atoms with van der Waals surface area (Å²) in [6, 6.07) is 40.8. The van der Waals surface area contributed by atoms with Gasteiger partial charge in [-0.15, -0.1) is 0 Å².